The van der Waals surface area contributed by atoms with Crippen LogP contribution in [0.3, 0.4) is 0 Å². The first kappa shape index (κ1) is 16.5. The maximum atomic E-state index is 5.85. The van der Waals surface area contributed by atoms with Gasteiger partial charge in [0.2, 0.25) is 0 Å². The summed E-state index contributed by atoms with van der Waals surface area (Å²) >= 11 is 6.93. The maximum absolute atomic E-state index is 5.85. The highest BCUT2D eigenvalue weighted by Crippen LogP contribution is 2.35. The highest BCUT2D eigenvalue weighted by atomic mass is 79.9. The number of nitrogens with zero attached hydrogens (tertiary/aromatic N) is 1. The van der Waals surface area contributed by atoms with Crippen molar-refractivity contribution < 1.29 is 9.22 Å². The molecule has 0 heterocycles. The molecular weight excluding hydrogens is 372 g/mol. The average molecular weight is 393 g/mol. The van der Waals surface area contributed by atoms with E-state index in [0.29, 0.717) is 12.3 Å². The van der Waals surface area contributed by atoms with Gasteiger partial charge in [0.1, 0.15) is 18.9 Å². The van der Waals surface area contributed by atoms with Crippen LogP contribution in [0.15, 0.2) is 33.2 Å². The van der Waals surface area contributed by atoms with Crippen molar-refractivity contribution in [2.45, 2.75) is 6.92 Å². The van der Waals surface area contributed by atoms with Crippen molar-refractivity contribution in [2.75, 3.05) is 39.5 Å². The van der Waals surface area contributed by atoms with Crippen LogP contribution >= 0.6 is 31.9 Å². The van der Waals surface area contributed by atoms with Gasteiger partial charge in [0, 0.05) is 5.69 Å². The normalized spacial score (nSPS) is 11.4. The van der Waals surface area contributed by atoms with Gasteiger partial charge in [-0.15, -0.1) is 0 Å². The van der Waals surface area contributed by atoms with Crippen LogP contribution < -0.4 is 10.5 Å². The van der Waals surface area contributed by atoms with E-state index in [1.54, 1.807) is 0 Å². The van der Waals surface area contributed by atoms with Crippen LogP contribution in [0.2, 0.25) is 0 Å². The summed E-state index contributed by atoms with van der Waals surface area (Å²) in [6.07, 6.45) is 0. The van der Waals surface area contributed by atoms with Crippen molar-refractivity contribution in [1.82, 2.24) is 0 Å². The number of anilines is 1. The Morgan fingerprint density at radius 2 is 1.84 bits per heavy atom. The molecule has 2 N–H and O–H groups in total. The van der Waals surface area contributed by atoms with E-state index in [0.717, 1.165) is 32.3 Å². The maximum Gasteiger partial charge on any atom is 0.148 e. The lowest BCUT2D eigenvalue weighted by Crippen LogP contribution is -2.43. The van der Waals surface area contributed by atoms with E-state index in [-0.39, 0.29) is 0 Å². The summed E-state index contributed by atoms with van der Waals surface area (Å²) in [4.78, 5) is 0. The fraction of sp³-hybridized carbons (Fsp3) is 0.429. The minimum Gasteiger partial charge on any atom is -0.485 e. The topological polar surface area (TPSA) is 35.2 Å². The molecule has 0 radical (unpaired) electrons. The summed E-state index contributed by atoms with van der Waals surface area (Å²) in [7, 11) is 4.34. The van der Waals surface area contributed by atoms with Gasteiger partial charge in [-0.25, -0.2) is 0 Å². The number of nitrogens with two attached hydrogens (primary N) is 1. The Balaban J connectivity index is 2.61. The van der Waals surface area contributed by atoms with Gasteiger partial charge in [-0.2, -0.15) is 0 Å². The van der Waals surface area contributed by atoms with Gasteiger partial charge < -0.3 is 15.0 Å². The van der Waals surface area contributed by atoms with Gasteiger partial charge in [-0.3, -0.25) is 0 Å². The minimum absolute atomic E-state index is 0.640. The number of hydrogen-bond acceptors (Lipinski definition) is 2. The van der Waals surface area contributed by atoms with E-state index in [2.05, 4.69) is 52.5 Å². The number of quaternary nitrogens is 1. The molecular formula is C14H21Br2N2O+. The number of halogens is 2. The van der Waals surface area contributed by atoms with E-state index in [4.69, 9.17) is 10.5 Å². The predicted molar refractivity (Wildman–Crippen MR) is 88.4 cm³/mol. The number of rotatable bonds is 6. The fourth-order valence-electron chi connectivity index (χ4n) is 1.92. The molecule has 0 aromatic heterocycles. The first-order valence-corrected chi connectivity index (χ1v) is 7.63. The van der Waals surface area contributed by atoms with Crippen molar-refractivity contribution in [2.24, 2.45) is 0 Å². The molecule has 0 aliphatic rings. The van der Waals surface area contributed by atoms with Crippen LogP contribution in [-0.4, -0.2) is 38.3 Å². The number of benzene rings is 1. The minimum atomic E-state index is 0.640. The zero-order valence-electron chi connectivity index (χ0n) is 11.7. The number of hydrogen-bond donors (Lipinski definition) is 1. The van der Waals surface area contributed by atoms with Crippen LogP contribution in [0.25, 0.3) is 0 Å². The molecule has 0 aliphatic heterocycles. The van der Waals surface area contributed by atoms with Crippen LogP contribution in [0.4, 0.5) is 5.69 Å². The van der Waals surface area contributed by atoms with Crippen LogP contribution in [0.1, 0.15) is 6.92 Å². The van der Waals surface area contributed by atoms with Gasteiger partial charge in [0.25, 0.3) is 0 Å². The summed E-state index contributed by atoms with van der Waals surface area (Å²) in [6, 6.07) is 3.68. The Labute approximate surface area is 132 Å². The van der Waals surface area contributed by atoms with E-state index in [1.165, 1.54) is 5.57 Å². The molecule has 19 heavy (non-hydrogen) atoms. The summed E-state index contributed by atoms with van der Waals surface area (Å²) in [5.41, 5.74) is 7.63. The highest BCUT2D eigenvalue weighted by molar-refractivity contribution is 9.11. The summed E-state index contributed by atoms with van der Waals surface area (Å²) in [5, 5.41) is 0. The van der Waals surface area contributed by atoms with Crippen LogP contribution in [-0.2, 0) is 0 Å². The lowest BCUT2D eigenvalue weighted by molar-refractivity contribution is -0.885. The zero-order chi connectivity index (χ0) is 14.6. The highest BCUT2D eigenvalue weighted by Gasteiger charge is 2.16. The molecule has 0 amide bonds. The number of nitrogen functional groups attached to an aromatic ring is 1. The molecule has 1 aromatic rings. The van der Waals surface area contributed by atoms with Gasteiger partial charge in [0.15, 0.2) is 0 Å². The van der Waals surface area contributed by atoms with Crippen molar-refractivity contribution in [3.8, 4) is 5.75 Å². The molecule has 106 valence electrons. The SMILES string of the molecule is C=C(C)C[N+](C)(C)CCOc1c(Br)cc(N)cc1Br. The molecule has 0 aliphatic carbocycles. The first-order valence-electron chi connectivity index (χ1n) is 6.05. The van der Waals surface area contributed by atoms with Gasteiger partial charge in [-0.05, 0) is 56.5 Å². The standard InChI is InChI=1S/C14H21Br2N2O/c1-10(2)9-18(3,4)5-6-19-14-12(15)7-11(17)8-13(14)16/h7-8H,1,5-6,9,17H2,2-4H3/q+1. The largest absolute Gasteiger partial charge is 0.485 e. The molecule has 0 bridgehead atoms. The Kier molecular flexibility index (Phi) is 5.89. The number of likely N-dealkylation sites (N-methyl/N-ethyl adjacent to an activating group) is 1. The first-order chi connectivity index (χ1) is 8.71. The van der Waals surface area contributed by atoms with Crippen LogP contribution in [0, 0.1) is 0 Å². The monoisotopic (exact) mass is 391 g/mol. The molecule has 0 saturated heterocycles. The van der Waals surface area contributed by atoms with Crippen LogP contribution in [0.5, 0.6) is 5.75 Å². The third-order valence-corrected chi connectivity index (χ3v) is 3.84. The predicted octanol–water partition coefficient (Wildman–Crippen LogP) is 3.83. The van der Waals surface area contributed by atoms with Crippen molar-refractivity contribution in [3.63, 3.8) is 0 Å². The average Bonchev–Trinajstić information content (AvgIpc) is 2.19. The smallest absolute Gasteiger partial charge is 0.148 e. The Hall–Kier alpha value is -0.520. The third-order valence-electron chi connectivity index (χ3n) is 2.66. The second-order valence-electron chi connectivity index (χ2n) is 5.44. The Morgan fingerprint density at radius 1 is 1.32 bits per heavy atom. The molecule has 1 aromatic carbocycles. The third kappa shape index (κ3) is 5.55. The molecule has 0 saturated carbocycles. The molecule has 0 atom stereocenters. The second-order valence-corrected chi connectivity index (χ2v) is 7.15. The van der Waals surface area contributed by atoms with E-state index >= 15 is 0 Å². The molecule has 3 nitrogen and oxygen atoms in total. The van der Waals surface area contributed by atoms with Gasteiger partial charge in [-0.1, -0.05) is 6.58 Å². The van der Waals surface area contributed by atoms with Crippen molar-refractivity contribution in [1.29, 1.82) is 0 Å². The quantitative estimate of drug-likeness (QED) is 0.453. The summed E-state index contributed by atoms with van der Waals surface area (Å²) in [6.45, 7) is 8.51. The Morgan fingerprint density at radius 3 is 2.32 bits per heavy atom. The summed E-state index contributed by atoms with van der Waals surface area (Å²) in [5.74, 6) is 0.796. The number of ether oxygens (including phenoxy) is 1. The lowest BCUT2D eigenvalue weighted by atomic mass is 10.3. The molecule has 0 unspecified atom stereocenters. The second kappa shape index (κ2) is 6.77. The van der Waals surface area contributed by atoms with E-state index in [1.807, 2.05) is 19.1 Å². The molecule has 5 heteroatoms. The van der Waals surface area contributed by atoms with Crippen molar-refractivity contribution in [3.05, 3.63) is 33.2 Å². The molecule has 0 fully saturated rings. The summed E-state index contributed by atoms with van der Waals surface area (Å²) < 4.78 is 8.44. The zero-order valence-corrected chi connectivity index (χ0v) is 14.8. The fourth-order valence-corrected chi connectivity index (χ4v) is 3.37. The van der Waals surface area contributed by atoms with Gasteiger partial charge >= 0.3 is 0 Å². The lowest BCUT2D eigenvalue weighted by Gasteiger charge is -2.29. The Bertz CT molecular complexity index is 450. The van der Waals surface area contributed by atoms with Gasteiger partial charge in [0.05, 0.1) is 29.6 Å². The van der Waals surface area contributed by atoms with E-state index in [9.17, 15) is 0 Å². The van der Waals surface area contributed by atoms with E-state index < -0.39 is 0 Å². The molecule has 1 rings (SSSR count). The van der Waals surface area contributed by atoms with Crippen molar-refractivity contribution >= 4 is 37.5 Å². The molecule has 0 spiro atoms.